The average molecular weight is 430 g/mol. The highest BCUT2D eigenvalue weighted by molar-refractivity contribution is 6.33. The highest BCUT2D eigenvalue weighted by atomic mass is 35.5. The van der Waals surface area contributed by atoms with Crippen molar-refractivity contribution >= 4 is 23.2 Å². The van der Waals surface area contributed by atoms with Crippen LogP contribution in [0.1, 0.15) is 37.8 Å². The van der Waals surface area contributed by atoms with Crippen LogP contribution in [0.25, 0.3) is 11.3 Å². The van der Waals surface area contributed by atoms with E-state index in [0.717, 1.165) is 50.9 Å². The normalized spacial score (nSPS) is 21.9. The Hall–Kier alpha value is -2.09. The van der Waals surface area contributed by atoms with E-state index in [9.17, 15) is 4.79 Å². The molecule has 7 nitrogen and oxygen atoms in total. The maximum Gasteiger partial charge on any atom is 0.145 e. The highest BCUT2D eigenvalue weighted by Crippen LogP contribution is 2.27. The van der Waals surface area contributed by atoms with Gasteiger partial charge in [-0.05, 0) is 44.7 Å². The lowest BCUT2D eigenvalue weighted by Gasteiger charge is -2.23. The standard InChI is InChI=1S/C22H28ClN5O2/c23-19-12-26-16(9-21(29)15-4-3-6-24-10-15)8-18(19)20-13-25-14-22(28-20)27-11-17-5-1-2-7-30-17/h8,12-15,17,24H,1-7,9-11H2,(H,27,28)/t15-,17?/m1/s1. The topological polar surface area (TPSA) is 89.0 Å². The van der Waals surface area contributed by atoms with Gasteiger partial charge in [-0.2, -0.15) is 0 Å². The summed E-state index contributed by atoms with van der Waals surface area (Å²) >= 11 is 6.40. The minimum atomic E-state index is 0.0639. The zero-order valence-corrected chi connectivity index (χ0v) is 17.8. The third-order valence-corrected chi connectivity index (χ3v) is 6.02. The second-order valence-electron chi connectivity index (χ2n) is 8.00. The van der Waals surface area contributed by atoms with E-state index in [1.165, 1.54) is 6.42 Å². The fraction of sp³-hybridized carbons (Fsp3) is 0.545. The number of rotatable bonds is 7. The molecule has 2 N–H and O–H groups in total. The Morgan fingerprint density at radius 1 is 1.23 bits per heavy atom. The molecule has 2 atom stereocenters. The van der Waals surface area contributed by atoms with Crippen molar-refractivity contribution in [1.29, 1.82) is 0 Å². The number of Topliss-reactive ketones (excluding diaryl/α,β-unsaturated/α-hetero) is 1. The van der Waals surface area contributed by atoms with Crippen molar-refractivity contribution in [1.82, 2.24) is 20.3 Å². The monoisotopic (exact) mass is 429 g/mol. The number of hydrogen-bond donors (Lipinski definition) is 2. The molecule has 0 saturated carbocycles. The van der Waals surface area contributed by atoms with Gasteiger partial charge in [-0.15, -0.1) is 0 Å². The number of nitrogens with zero attached hydrogens (tertiary/aromatic N) is 3. The van der Waals surface area contributed by atoms with Crippen LogP contribution in [-0.4, -0.2) is 53.1 Å². The molecule has 2 aliphatic heterocycles. The van der Waals surface area contributed by atoms with Gasteiger partial charge in [0.2, 0.25) is 0 Å². The lowest BCUT2D eigenvalue weighted by Crippen LogP contribution is -2.35. The van der Waals surface area contributed by atoms with Crippen LogP contribution in [0.2, 0.25) is 5.02 Å². The summed E-state index contributed by atoms with van der Waals surface area (Å²) in [5, 5.41) is 7.10. The van der Waals surface area contributed by atoms with E-state index in [0.29, 0.717) is 35.2 Å². The van der Waals surface area contributed by atoms with Crippen LogP contribution in [0.5, 0.6) is 0 Å². The fourth-order valence-electron chi connectivity index (χ4n) is 3.99. The second-order valence-corrected chi connectivity index (χ2v) is 8.41. The van der Waals surface area contributed by atoms with Gasteiger partial charge in [0.15, 0.2) is 0 Å². The largest absolute Gasteiger partial charge is 0.376 e. The first kappa shape index (κ1) is 21.2. The number of aromatic nitrogens is 3. The molecular formula is C22H28ClN5O2. The van der Waals surface area contributed by atoms with Gasteiger partial charge in [-0.1, -0.05) is 11.6 Å². The molecule has 0 radical (unpaired) electrons. The molecule has 0 amide bonds. The number of anilines is 1. The maximum absolute atomic E-state index is 12.6. The van der Waals surface area contributed by atoms with Gasteiger partial charge in [0, 0.05) is 49.5 Å². The Bertz CT molecular complexity index is 866. The minimum absolute atomic E-state index is 0.0639. The summed E-state index contributed by atoms with van der Waals surface area (Å²) in [6.07, 6.45) is 10.9. The second kappa shape index (κ2) is 10.3. The molecule has 1 unspecified atom stereocenters. The number of hydrogen-bond acceptors (Lipinski definition) is 7. The summed E-state index contributed by atoms with van der Waals surface area (Å²) < 4.78 is 5.76. The Morgan fingerprint density at radius 2 is 2.17 bits per heavy atom. The Balaban J connectivity index is 1.45. The van der Waals surface area contributed by atoms with Crippen LogP contribution in [0.3, 0.4) is 0 Å². The third-order valence-electron chi connectivity index (χ3n) is 5.71. The van der Waals surface area contributed by atoms with E-state index in [4.69, 9.17) is 16.3 Å². The van der Waals surface area contributed by atoms with Crippen molar-refractivity contribution in [2.45, 2.75) is 44.6 Å². The zero-order valence-electron chi connectivity index (χ0n) is 17.1. The van der Waals surface area contributed by atoms with Crippen molar-refractivity contribution in [2.24, 2.45) is 5.92 Å². The van der Waals surface area contributed by atoms with Gasteiger partial charge in [0.1, 0.15) is 11.6 Å². The molecule has 4 rings (SSSR count). The fourth-order valence-corrected chi connectivity index (χ4v) is 4.19. The maximum atomic E-state index is 12.6. The highest BCUT2D eigenvalue weighted by Gasteiger charge is 2.22. The molecule has 2 aromatic heterocycles. The van der Waals surface area contributed by atoms with Crippen molar-refractivity contribution in [2.75, 3.05) is 31.6 Å². The van der Waals surface area contributed by atoms with Gasteiger partial charge in [0.05, 0.1) is 29.2 Å². The van der Waals surface area contributed by atoms with Crippen LogP contribution < -0.4 is 10.6 Å². The average Bonchev–Trinajstić information content (AvgIpc) is 2.80. The number of piperidine rings is 1. The van der Waals surface area contributed by atoms with Gasteiger partial charge < -0.3 is 15.4 Å². The molecule has 4 heterocycles. The van der Waals surface area contributed by atoms with Crippen molar-refractivity contribution in [3.05, 3.63) is 35.4 Å². The molecule has 2 aliphatic rings. The summed E-state index contributed by atoms with van der Waals surface area (Å²) in [5.74, 6) is 0.964. The first-order valence-corrected chi connectivity index (χ1v) is 11.1. The van der Waals surface area contributed by atoms with Gasteiger partial charge in [-0.25, -0.2) is 4.98 Å². The van der Waals surface area contributed by atoms with Crippen LogP contribution in [-0.2, 0) is 16.0 Å². The molecule has 2 saturated heterocycles. The SMILES string of the molecule is O=C(Cc1cc(-c2cncc(NCC3CCCCO3)n2)c(Cl)cn1)[C@@H]1CCCNC1. The van der Waals surface area contributed by atoms with Crippen LogP contribution >= 0.6 is 11.6 Å². The summed E-state index contributed by atoms with van der Waals surface area (Å²) in [5.41, 5.74) is 2.10. The molecular weight excluding hydrogens is 402 g/mol. The first-order valence-electron chi connectivity index (χ1n) is 10.7. The van der Waals surface area contributed by atoms with E-state index in [1.807, 2.05) is 6.07 Å². The number of ether oxygens (including phenoxy) is 1. The quantitative estimate of drug-likeness (QED) is 0.698. The molecule has 30 heavy (non-hydrogen) atoms. The molecule has 2 fully saturated rings. The molecule has 160 valence electrons. The number of ketones is 1. The Kier molecular flexibility index (Phi) is 7.25. The van der Waals surface area contributed by atoms with Crippen molar-refractivity contribution in [3.8, 4) is 11.3 Å². The van der Waals surface area contributed by atoms with E-state index in [1.54, 1.807) is 18.6 Å². The van der Waals surface area contributed by atoms with Gasteiger partial charge in [-0.3, -0.25) is 14.8 Å². The number of carbonyl (C=O) groups is 1. The van der Waals surface area contributed by atoms with Gasteiger partial charge in [0.25, 0.3) is 0 Å². The van der Waals surface area contributed by atoms with Crippen LogP contribution in [0.4, 0.5) is 5.82 Å². The molecule has 8 heteroatoms. The Labute approximate surface area is 182 Å². The van der Waals surface area contributed by atoms with E-state index >= 15 is 0 Å². The predicted octanol–water partition coefficient (Wildman–Crippen LogP) is 3.28. The summed E-state index contributed by atoms with van der Waals surface area (Å²) in [7, 11) is 0. The van der Waals surface area contributed by atoms with E-state index in [2.05, 4.69) is 25.6 Å². The van der Waals surface area contributed by atoms with E-state index < -0.39 is 0 Å². The zero-order chi connectivity index (χ0) is 20.8. The molecule has 2 aromatic rings. The number of pyridine rings is 1. The minimum Gasteiger partial charge on any atom is -0.376 e. The third kappa shape index (κ3) is 5.53. The number of nitrogens with one attached hydrogen (secondary N) is 2. The van der Waals surface area contributed by atoms with Crippen LogP contribution in [0.15, 0.2) is 24.7 Å². The van der Waals surface area contributed by atoms with E-state index in [-0.39, 0.29) is 17.8 Å². The van der Waals surface area contributed by atoms with Crippen molar-refractivity contribution < 1.29 is 9.53 Å². The first-order chi connectivity index (χ1) is 14.7. The Morgan fingerprint density at radius 3 is 2.97 bits per heavy atom. The molecule has 0 bridgehead atoms. The molecule has 0 spiro atoms. The smallest absolute Gasteiger partial charge is 0.145 e. The lowest BCUT2D eigenvalue weighted by atomic mass is 9.92. The number of halogens is 1. The number of carbonyl (C=O) groups excluding carboxylic acids is 1. The summed E-state index contributed by atoms with van der Waals surface area (Å²) in [4.78, 5) is 26.0. The lowest BCUT2D eigenvalue weighted by molar-refractivity contribution is -0.122. The predicted molar refractivity (Wildman–Crippen MR) is 117 cm³/mol. The summed E-state index contributed by atoms with van der Waals surface area (Å²) in [6, 6.07) is 1.86. The summed E-state index contributed by atoms with van der Waals surface area (Å²) in [6.45, 7) is 3.27. The van der Waals surface area contributed by atoms with Crippen LogP contribution in [0, 0.1) is 5.92 Å². The molecule has 0 aromatic carbocycles. The molecule has 0 aliphatic carbocycles. The van der Waals surface area contributed by atoms with Gasteiger partial charge >= 0.3 is 0 Å². The van der Waals surface area contributed by atoms with Crippen molar-refractivity contribution in [3.63, 3.8) is 0 Å².